The molecule has 4 saturated carbocycles. The lowest BCUT2D eigenvalue weighted by atomic mass is 9.43. The largest absolute Gasteiger partial charge is 0.458 e. The summed E-state index contributed by atoms with van der Waals surface area (Å²) in [6, 6.07) is 0.133. The van der Waals surface area contributed by atoms with Crippen LogP contribution in [0.3, 0.4) is 0 Å². The Balaban J connectivity index is 1.06. The zero-order valence-corrected chi connectivity index (χ0v) is 23.2. The van der Waals surface area contributed by atoms with Crippen molar-refractivity contribution in [3.05, 3.63) is 11.6 Å². The van der Waals surface area contributed by atoms with Gasteiger partial charge in [0.1, 0.15) is 6.61 Å². The molecular formula is C30H47N3O5. The van der Waals surface area contributed by atoms with E-state index in [2.05, 4.69) is 29.4 Å². The van der Waals surface area contributed by atoms with Gasteiger partial charge in [0.25, 0.3) is 0 Å². The number of likely N-dealkylation sites (tertiary alicyclic amines) is 1. The first kappa shape index (κ1) is 26.6. The Morgan fingerprint density at radius 3 is 2.68 bits per heavy atom. The highest BCUT2D eigenvalue weighted by atomic mass is 16.5. The minimum absolute atomic E-state index is 0.0737. The second kappa shape index (κ2) is 9.77. The highest BCUT2D eigenvalue weighted by Gasteiger charge is 2.67. The van der Waals surface area contributed by atoms with Crippen LogP contribution in [0, 0.1) is 34.5 Å². The topological polar surface area (TPSA) is 111 Å². The van der Waals surface area contributed by atoms with Crippen LogP contribution in [0.2, 0.25) is 0 Å². The monoisotopic (exact) mass is 529 g/mol. The summed E-state index contributed by atoms with van der Waals surface area (Å²) in [6.07, 6.45) is 11.5. The van der Waals surface area contributed by atoms with Gasteiger partial charge in [-0.2, -0.15) is 0 Å². The SMILES string of the molecule is C[C@]12CC[C@H](NC(=O)NCCN3CCC(O)C3)C[C@H]1CC[C@@H]1[C@@H]2CC[C@]2(C)[C@@H](C3=CC(=O)OC3)CC[C@]12O. The molecule has 0 spiro atoms. The van der Waals surface area contributed by atoms with Crippen molar-refractivity contribution >= 4 is 12.0 Å². The number of esters is 1. The molecular weight excluding hydrogens is 482 g/mol. The maximum absolute atomic E-state index is 12.6. The number of nitrogens with zero attached hydrogens (tertiary/aromatic N) is 1. The zero-order valence-electron chi connectivity index (χ0n) is 23.2. The third-order valence-corrected chi connectivity index (χ3v) is 12.3. The molecule has 2 amide bonds. The Hall–Kier alpha value is -1.64. The van der Waals surface area contributed by atoms with Gasteiger partial charge in [-0.25, -0.2) is 9.59 Å². The molecule has 0 aromatic carbocycles. The summed E-state index contributed by atoms with van der Waals surface area (Å²) in [5, 5.41) is 28.3. The normalized spacial score (nSPS) is 46.5. The number of fused-ring (bicyclic) bond motifs is 5. The van der Waals surface area contributed by atoms with Crippen molar-refractivity contribution in [2.75, 3.05) is 32.8 Å². The maximum atomic E-state index is 12.6. The van der Waals surface area contributed by atoms with Crippen LogP contribution >= 0.6 is 0 Å². The maximum Gasteiger partial charge on any atom is 0.331 e. The Kier molecular flexibility index (Phi) is 6.83. The predicted molar refractivity (Wildman–Crippen MR) is 143 cm³/mol. The van der Waals surface area contributed by atoms with Crippen LogP contribution in [0.4, 0.5) is 4.79 Å². The number of nitrogens with one attached hydrogen (secondary N) is 2. The summed E-state index contributed by atoms with van der Waals surface area (Å²) in [7, 11) is 0. The van der Waals surface area contributed by atoms with Gasteiger partial charge in [-0.15, -0.1) is 0 Å². The van der Waals surface area contributed by atoms with E-state index in [1.54, 1.807) is 6.08 Å². The third kappa shape index (κ3) is 4.29. The van der Waals surface area contributed by atoms with Gasteiger partial charge in [0.15, 0.2) is 0 Å². The van der Waals surface area contributed by atoms with Gasteiger partial charge in [-0.1, -0.05) is 13.8 Å². The van der Waals surface area contributed by atoms with Crippen LogP contribution in [-0.4, -0.2) is 77.6 Å². The lowest BCUT2D eigenvalue weighted by Gasteiger charge is -2.63. The number of aliphatic hydroxyl groups is 2. The van der Waals surface area contributed by atoms with Crippen LogP contribution in [0.15, 0.2) is 11.6 Å². The van der Waals surface area contributed by atoms with Crippen molar-refractivity contribution in [3.63, 3.8) is 0 Å². The Bertz CT molecular complexity index is 987. The van der Waals surface area contributed by atoms with E-state index in [4.69, 9.17) is 4.74 Å². The Labute approximate surface area is 226 Å². The van der Waals surface area contributed by atoms with Crippen molar-refractivity contribution in [1.29, 1.82) is 0 Å². The Morgan fingerprint density at radius 2 is 1.95 bits per heavy atom. The number of hydrogen-bond donors (Lipinski definition) is 4. The highest BCUT2D eigenvalue weighted by Crippen LogP contribution is 2.69. The third-order valence-electron chi connectivity index (χ3n) is 12.3. The number of cyclic esters (lactones) is 1. The number of amides is 2. The summed E-state index contributed by atoms with van der Waals surface area (Å²) >= 11 is 0. The fraction of sp³-hybridized carbons (Fsp3) is 0.867. The van der Waals surface area contributed by atoms with Gasteiger partial charge < -0.3 is 25.6 Å². The van der Waals surface area contributed by atoms with E-state index < -0.39 is 5.60 Å². The lowest BCUT2D eigenvalue weighted by Crippen LogP contribution is -2.63. The first-order chi connectivity index (χ1) is 18.1. The molecule has 5 fully saturated rings. The van der Waals surface area contributed by atoms with E-state index in [1.807, 2.05) is 0 Å². The van der Waals surface area contributed by atoms with Crippen molar-refractivity contribution in [2.45, 2.75) is 95.8 Å². The van der Waals surface area contributed by atoms with Crippen molar-refractivity contribution in [1.82, 2.24) is 15.5 Å². The van der Waals surface area contributed by atoms with Crippen LogP contribution < -0.4 is 10.6 Å². The lowest BCUT2D eigenvalue weighted by molar-refractivity contribution is -0.204. The molecule has 9 atom stereocenters. The summed E-state index contributed by atoms with van der Waals surface area (Å²) in [6.45, 7) is 8.13. The number of aliphatic hydroxyl groups excluding tert-OH is 1. The standard InChI is InChI=1S/C30H47N3O5/c1-28-9-5-21(32-27(36)31-12-14-33-13-8-22(34)17-33)16-20(28)3-4-25-24(28)6-10-29(2)23(7-11-30(25,29)37)19-15-26(35)38-18-19/h15,20-25,34,37H,3-14,16-18H2,1-2H3,(H2,31,32,36)/t20-,21+,22?,23-,24+,25-,28+,29-,30+/m1/s1. The number of rotatable bonds is 5. The molecule has 212 valence electrons. The summed E-state index contributed by atoms with van der Waals surface area (Å²) < 4.78 is 5.26. The second-order valence-corrected chi connectivity index (χ2v) is 13.9. The molecule has 0 bridgehead atoms. The predicted octanol–water partition coefficient (Wildman–Crippen LogP) is 2.98. The second-order valence-electron chi connectivity index (χ2n) is 13.9. The average molecular weight is 530 g/mol. The number of carbonyl (C=O) groups is 2. The summed E-state index contributed by atoms with van der Waals surface area (Å²) in [5.74, 6) is 1.40. The minimum Gasteiger partial charge on any atom is -0.458 e. The minimum atomic E-state index is -0.679. The number of ether oxygens (including phenoxy) is 1. The molecule has 6 rings (SSSR count). The van der Waals surface area contributed by atoms with Gasteiger partial charge >= 0.3 is 12.0 Å². The molecule has 0 aromatic rings. The fourth-order valence-electron chi connectivity index (χ4n) is 10.1. The molecule has 8 nitrogen and oxygen atoms in total. The zero-order chi connectivity index (χ0) is 26.7. The molecule has 2 aliphatic heterocycles. The van der Waals surface area contributed by atoms with Gasteiger partial charge in [0.2, 0.25) is 0 Å². The molecule has 0 aromatic heterocycles. The fourth-order valence-corrected chi connectivity index (χ4v) is 10.1. The van der Waals surface area contributed by atoms with Gasteiger partial charge in [-0.3, -0.25) is 4.90 Å². The van der Waals surface area contributed by atoms with Gasteiger partial charge in [-0.05, 0) is 98.9 Å². The number of carbonyl (C=O) groups excluding carboxylic acids is 2. The quantitative estimate of drug-likeness (QED) is 0.408. The van der Waals surface area contributed by atoms with E-state index in [1.165, 1.54) is 0 Å². The van der Waals surface area contributed by atoms with E-state index >= 15 is 0 Å². The number of hydrogen-bond acceptors (Lipinski definition) is 6. The Morgan fingerprint density at radius 1 is 1.11 bits per heavy atom. The highest BCUT2D eigenvalue weighted by molar-refractivity contribution is 5.85. The van der Waals surface area contributed by atoms with E-state index in [0.29, 0.717) is 37.5 Å². The average Bonchev–Trinajstić information content (AvgIpc) is 3.56. The van der Waals surface area contributed by atoms with Crippen LogP contribution in [0.1, 0.15) is 78.1 Å². The van der Waals surface area contributed by atoms with E-state index in [-0.39, 0.29) is 40.9 Å². The van der Waals surface area contributed by atoms with Crippen molar-refractivity contribution < 1.29 is 24.5 Å². The van der Waals surface area contributed by atoms with E-state index in [9.17, 15) is 19.8 Å². The molecule has 8 heteroatoms. The molecule has 4 aliphatic carbocycles. The smallest absolute Gasteiger partial charge is 0.331 e. The van der Waals surface area contributed by atoms with Crippen LogP contribution in [-0.2, 0) is 9.53 Å². The van der Waals surface area contributed by atoms with Crippen LogP contribution in [0.5, 0.6) is 0 Å². The van der Waals surface area contributed by atoms with Crippen molar-refractivity contribution in [2.24, 2.45) is 34.5 Å². The van der Waals surface area contributed by atoms with Crippen molar-refractivity contribution in [3.8, 4) is 0 Å². The first-order valence-corrected chi connectivity index (χ1v) is 15.2. The first-order valence-electron chi connectivity index (χ1n) is 15.2. The van der Waals surface area contributed by atoms with Crippen LogP contribution in [0.25, 0.3) is 0 Å². The number of urea groups is 1. The molecule has 4 N–H and O–H groups in total. The summed E-state index contributed by atoms with van der Waals surface area (Å²) in [5.41, 5.74) is 0.423. The van der Waals surface area contributed by atoms with Gasteiger partial charge in [0, 0.05) is 43.7 Å². The molecule has 1 saturated heterocycles. The van der Waals surface area contributed by atoms with Gasteiger partial charge in [0.05, 0.1) is 11.7 Å². The molecule has 1 unspecified atom stereocenters. The summed E-state index contributed by atoms with van der Waals surface area (Å²) in [4.78, 5) is 26.6. The van der Waals surface area contributed by atoms with E-state index in [0.717, 1.165) is 82.9 Å². The molecule has 6 aliphatic rings. The number of β-amino-alcohol motifs (C(OH)–C–C–N with tert-alkyl or cyclic N) is 1. The molecule has 0 radical (unpaired) electrons. The molecule has 38 heavy (non-hydrogen) atoms. The molecule has 2 heterocycles.